The van der Waals surface area contributed by atoms with Gasteiger partial charge in [0.15, 0.2) is 20.6 Å². The topological polar surface area (TPSA) is 66.9 Å². The van der Waals surface area contributed by atoms with Gasteiger partial charge in [0.1, 0.15) is 0 Å². The summed E-state index contributed by atoms with van der Waals surface area (Å²) in [6.07, 6.45) is 1.01. The molecule has 0 atom stereocenters. The molecule has 1 radical (unpaired) electrons. The molecule has 5 heteroatoms. The van der Waals surface area contributed by atoms with Gasteiger partial charge < -0.3 is 0 Å². The molecule has 4 nitrogen and oxygen atoms in total. The summed E-state index contributed by atoms with van der Waals surface area (Å²) >= 11 is 0. The molecule has 13 heavy (non-hydrogen) atoms. The van der Waals surface area contributed by atoms with E-state index >= 15 is 0 Å². The zero-order chi connectivity index (χ0) is 10.1. The molecule has 1 heterocycles. The third-order valence-electron chi connectivity index (χ3n) is 1.62. The first kappa shape index (κ1) is 9.98. The summed E-state index contributed by atoms with van der Waals surface area (Å²) in [4.78, 5) is 3.57. The maximum Gasteiger partial charge on any atom is 0.197 e. The molecule has 0 saturated carbocycles. The summed E-state index contributed by atoms with van der Waals surface area (Å²) in [5.41, 5.74) is 0. The molecule has 0 unspecified atom stereocenters. The molecule has 1 aromatic heterocycles. The molecule has 1 rings (SSSR count). The summed E-state index contributed by atoms with van der Waals surface area (Å²) in [5.74, 6) is -0.289. The summed E-state index contributed by atoms with van der Waals surface area (Å²) in [7, 11) is -3.34. The largest absolute Gasteiger partial charge is 0.288 e. The van der Waals surface area contributed by atoms with Crippen LogP contribution in [0.1, 0.15) is 13.8 Å². The monoisotopic (exact) mass is 200 g/mol. The second kappa shape index (κ2) is 3.33. The van der Waals surface area contributed by atoms with Crippen LogP contribution >= 0.6 is 0 Å². The smallest absolute Gasteiger partial charge is 0.197 e. The van der Waals surface area contributed by atoms with E-state index in [1.54, 1.807) is 13.8 Å². The molecular weight excluding hydrogens is 190 g/mol. The minimum Gasteiger partial charge on any atom is -0.288 e. The Morgan fingerprint density at radius 2 is 1.92 bits per heavy atom. The van der Waals surface area contributed by atoms with Crippen molar-refractivity contribution in [3.63, 3.8) is 0 Å². The Kier molecular flexibility index (Phi) is 2.56. The van der Waals surface area contributed by atoms with Gasteiger partial charge in [0.05, 0.1) is 11.4 Å². The number of sulfone groups is 1. The van der Waals surface area contributed by atoms with Crippen molar-refractivity contribution in [3.8, 4) is 5.75 Å². The quantitative estimate of drug-likeness (QED) is 0.724. The Balaban J connectivity index is 3.17. The van der Waals surface area contributed by atoms with Crippen molar-refractivity contribution in [2.45, 2.75) is 24.1 Å². The lowest BCUT2D eigenvalue weighted by Crippen LogP contribution is -2.15. The first-order valence-electron chi connectivity index (χ1n) is 3.81. The highest BCUT2D eigenvalue weighted by Crippen LogP contribution is 2.15. The van der Waals surface area contributed by atoms with Crippen LogP contribution in [0.3, 0.4) is 0 Å². The average Bonchev–Trinajstić information content (AvgIpc) is 2.04. The molecule has 0 aliphatic carbocycles. The minimum atomic E-state index is -3.34. The van der Waals surface area contributed by atoms with E-state index in [9.17, 15) is 13.5 Å². The van der Waals surface area contributed by atoms with E-state index in [2.05, 4.69) is 4.98 Å². The molecule has 0 aliphatic rings. The highest BCUT2D eigenvalue weighted by molar-refractivity contribution is 7.91. The molecule has 0 N–H and O–H groups in total. The molecule has 0 saturated heterocycles. The minimum absolute atomic E-state index is 0.0397. The van der Waals surface area contributed by atoms with E-state index in [1.165, 1.54) is 12.1 Å². The Morgan fingerprint density at radius 3 is 2.31 bits per heavy atom. The van der Waals surface area contributed by atoms with Crippen molar-refractivity contribution in [1.29, 1.82) is 0 Å². The van der Waals surface area contributed by atoms with Crippen molar-refractivity contribution in [2.24, 2.45) is 0 Å². The molecular formula is C8H10NO3S. The summed E-state index contributed by atoms with van der Waals surface area (Å²) in [5, 5.41) is 10.1. The van der Waals surface area contributed by atoms with Crippen LogP contribution in [-0.2, 0) is 14.9 Å². The van der Waals surface area contributed by atoms with Gasteiger partial charge in [0.2, 0.25) is 0 Å². The van der Waals surface area contributed by atoms with E-state index in [0.717, 1.165) is 6.20 Å². The lowest BCUT2D eigenvalue weighted by Gasteiger charge is -2.05. The first-order chi connectivity index (χ1) is 5.94. The highest BCUT2D eigenvalue weighted by Gasteiger charge is 2.20. The fourth-order valence-corrected chi connectivity index (χ4v) is 1.72. The SMILES string of the molecule is CC(C)S(=O)(=O)c1ccc([O])cn1. The van der Waals surface area contributed by atoms with Gasteiger partial charge in [-0.25, -0.2) is 13.4 Å². The number of nitrogens with zero attached hydrogens (tertiary/aromatic N) is 1. The van der Waals surface area contributed by atoms with Gasteiger partial charge in [-0.15, -0.1) is 0 Å². The third-order valence-corrected chi connectivity index (χ3v) is 3.69. The van der Waals surface area contributed by atoms with Crippen LogP contribution in [0.5, 0.6) is 5.75 Å². The van der Waals surface area contributed by atoms with E-state index < -0.39 is 15.1 Å². The van der Waals surface area contributed by atoms with E-state index in [1.807, 2.05) is 0 Å². The predicted octanol–water partition coefficient (Wildman–Crippen LogP) is 1.41. The molecule has 0 aliphatic heterocycles. The van der Waals surface area contributed by atoms with E-state index in [-0.39, 0.29) is 10.8 Å². The maximum atomic E-state index is 11.5. The van der Waals surface area contributed by atoms with Gasteiger partial charge in [-0.05, 0) is 26.0 Å². The molecule has 0 bridgehead atoms. The second-order valence-corrected chi connectivity index (χ2v) is 5.38. The van der Waals surface area contributed by atoms with E-state index in [4.69, 9.17) is 0 Å². The van der Waals surface area contributed by atoms with Gasteiger partial charge >= 0.3 is 0 Å². The van der Waals surface area contributed by atoms with Crippen LogP contribution in [0.15, 0.2) is 23.4 Å². The lowest BCUT2D eigenvalue weighted by atomic mass is 10.5. The maximum absolute atomic E-state index is 11.5. The predicted molar refractivity (Wildman–Crippen MR) is 46.7 cm³/mol. The summed E-state index contributed by atoms with van der Waals surface area (Å²) in [6.45, 7) is 3.14. The van der Waals surface area contributed by atoms with Gasteiger partial charge in [-0.1, -0.05) is 0 Å². The molecule has 0 aromatic carbocycles. The highest BCUT2D eigenvalue weighted by atomic mass is 32.2. The fraction of sp³-hybridized carbons (Fsp3) is 0.375. The summed E-state index contributed by atoms with van der Waals surface area (Å²) < 4.78 is 23.0. The second-order valence-electron chi connectivity index (χ2n) is 2.93. The van der Waals surface area contributed by atoms with Crippen molar-refractivity contribution >= 4 is 9.84 Å². The molecule has 0 spiro atoms. The third kappa shape index (κ3) is 1.98. The number of hydrogen-bond acceptors (Lipinski definition) is 3. The van der Waals surface area contributed by atoms with Crippen molar-refractivity contribution < 1.29 is 13.5 Å². The van der Waals surface area contributed by atoms with Crippen molar-refractivity contribution in [3.05, 3.63) is 18.3 Å². The number of hydrogen-bond donors (Lipinski definition) is 0. The Morgan fingerprint density at radius 1 is 1.31 bits per heavy atom. The van der Waals surface area contributed by atoms with Gasteiger partial charge in [0, 0.05) is 0 Å². The van der Waals surface area contributed by atoms with Gasteiger partial charge in [-0.2, -0.15) is 0 Å². The molecule has 0 amide bonds. The molecule has 0 fully saturated rings. The van der Waals surface area contributed by atoms with Crippen molar-refractivity contribution in [2.75, 3.05) is 0 Å². The average molecular weight is 200 g/mol. The number of rotatable bonds is 2. The zero-order valence-electron chi connectivity index (χ0n) is 7.39. The van der Waals surface area contributed by atoms with Crippen LogP contribution < -0.4 is 0 Å². The van der Waals surface area contributed by atoms with Gasteiger partial charge in [0.25, 0.3) is 0 Å². The Hall–Kier alpha value is -1.10. The zero-order valence-corrected chi connectivity index (χ0v) is 8.21. The number of aromatic nitrogens is 1. The lowest BCUT2D eigenvalue weighted by molar-refractivity contribution is 0.352. The van der Waals surface area contributed by atoms with Crippen LogP contribution in [0, 0.1) is 0 Å². The van der Waals surface area contributed by atoms with Crippen LogP contribution in [-0.4, -0.2) is 18.7 Å². The normalized spacial score (nSPS) is 11.9. The Labute approximate surface area is 77.2 Å². The standard InChI is InChI=1S/C8H10NO3S/c1-6(2)13(11,12)8-4-3-7(10)5-9-8/h3-6H,1-2H3. The first-order valence-corrected chi connectivity index (χ1v) is 5.36. The van der Waals surface area contributed by atoms with Crippen LogP contribution in [0.4, 0.5) is 0 Å². The Bertz CT molecular complexity index is 380. The van der Waals surface area contributed by atoms with Crippen molar-refractivity contribution in [1.82, 2.24) is 4.98 Å². The fourth-order valence-electron chi connectivity index (χ4n) is 0.777. The molecule has 1 aromatic rings. The number of pyridine rings is 1. The van der Waals surface area contributed by atoms with Gasteiger partial charge in [-0.3, -0.25) is 5.11 Å². The summed E-state index contributed by atoms with van der Waals surface area (Å²) in [6, 6.07) is 2.43. The van der Waals surface area contributed by atoms with Crippen LogP contribution in [0.25, 0.3) is 0 Å². The van der Waals surface area contributed by atoms with E-state index in [0.29, 0.717) is 0 Å². The van der Waals surface area contributed by atoms with Crippen LogP contribution in [0.2, 0.25) is 0 Å². The molecule has 71 valence electrons.